The van der Waals surface area contributed by atoms with Crippen LogP contribution < -0.4 is 9.44 Å². The highest BCUT2D eigenvalue weighted by Crippen LogP contribution is 2.20. The molecule has 9 nitrogen and oxygen atoms in total. The van der Waals surface area contributed by atoms with E-state index in [1.807, 2.05) is 0 Å². The van der Waals surface area contributed by atoms with Gasteiger partial charge in [-0.05, 0) is 55.8 Å². The first-order valence-corrected chi connectivity index (χ1v) is 12.1. The predicted molar refractivity (Wildman–Crippen MR) is 112 cm³/mol. The molecule has 2 aromatic carbocycles. The molecule has 0 saturated heterocycles. The second-order valence-corrected chi connectivity index (χ2v) is 9.78. The third kappa shape index (κ3) is 5.16. The Bertz CT molecular complexity index is 1170. The van der Waals surface area contributed by atoms with Crippen molar-refractivity contribution in [3.05, 3.63) is 54.1 Å². The number of benzene rings is 2. The van der Waals surface area contributed by atoms with Gasteiger partial charge in [0.05, 0.1) is 27.6 Å². The summed E-state index contributed by atoms with van der Waals surface area (Å²) < 4.78 is 59.9. The Balaban J connectivity index is 1.78. The molecule has 0 unspecified atom stereocenters. The number of nitrogens with one attached hydrogen (secondary N) is 2. The van der Waals surface area contributed by atoms with E-state index in [1.54, 1.807) is 6.92 Å². The third-order valence-corrected chi connectivity index (χ3v) is 6.97. The minimum absolute atomic E-state index is 0.0813. The number of sulfonamides is 2. The Morgan fingerprint density at radius 3 is 2.33 bits per heavy atom. The number of ether oxygens (including phenoxy) is 1. The van der Waals surface area contributed by atoms with Crippen LogP contribution in [0, 0.1) is 0 Å². The van der Waals surface area contributed by atoms with Gasteiger partial charge in [-0.25, -0.2) is 21.6 Å². The van der Waals surface area contributed by atoms with Gasteiger partial charge < -0.3 is 4.74 Å². The fourth-order valence-electron chi connectivity index (χ4n) is 2.76. The molecule has 30 heavy (non-hydrogen) atoms. The van der Waals surface area contributed by atoms with Gasteiger partial charge in [-0.1, -0.05) is 6.07 Å². The van der Waals surface area contributed by atoms with Crippen molar-refractivity contribution in [1.82, 2.24) is 4.72 Å². The fraction of sp³-hybridized carbons (Fsp3) is 0.263. The number of esters is 1. The zero-order chi connectivity index (χ0) is 21.8. The van der Waals surface area contributed by atoms with E-state index in [2.05, 4.69) is 14.4 Å². The lowest BCUT2D eigenvalue weighted by atomic mass is 10.2. The smallest absolute Gasteiger partial charge is 0.338 e. The Labute approximate surface area is 175 Å². The molecule has 11 heteroatoms. The van der Waals surface area contributed by atoms with E-state index in [1.165, 1.54) is 48.5 Å². The zero-order valence-corrected chi connectivity index (χ0v) is 17.8. The van der Waals surface area contributed by atoms with Crippen LogP contribution in [-0.4, -0.2) is 41.8 Å². The van der Waals surface area contributed by atoms with Gasteiger partial charge in [0.25, 0.3) is 20.0 Å². The maximum absolute atomic E-state index is 12.6. The molecule has 1 aliphatic heterocycles. The Hall–Kier alpha value is -2.92. The molecule has 2 N–H and O–H groups in total. The Morgan fingerprint density at radius 2 is 1.70 bits per heavy atom. The van der Waals surface area contributed by atoms with E-state index in [9.17, 15) is 21.6 Å². The fourth-order valence-corrected chi connectivity index (χ4v) is 4.95. The number of aliphatic imine (C=N–C) groups is 1. The molecule has 0 bridgehead atoms. The van der Waals surface area contributed by atoms with E-state index in [0.29, 0.717) is 18.8 Å². The Kier molecular flexibility index (Phi) is 6.42. The minimum Gasteiger partial charge on any atom is -0.462 e. The lowest BCUT2D eigenvalue weighted by Gasteiger charge is -2.11. The summed E-state index contributed by atoms with van der Waals surface area (Å²) in [6.07, 6.45) is 1.33. The number of anilines is 1. The molecule has 1 aliphatic rings. The van der Waals surface area contributed by atoms with Crippen molar-refractivity contribution in [2.24, 2.45) is 4.99 Å². The van der Waals surface area contributed by atoms with E-state index in [4.69, 9.17) is 4.74 Å². The number of hydrogen-bond acceptors (Lipinski definition) is 7. The molecule has 1 heterocycles. The van der Waals surface area contributed by atoms with Gasteiger partial charge in [-0.2, -0.15) is 0 Å². The maximum atomic E-state index is 12.6. The molecule has 3 rings (SSSR count). The van der Waals surface area contributed by atoms with Crippen molar-refractivity contribution < 1.29 is 26.4 Å². The first-order valence-electron chi connectivity index (χ1n) is 9.17. The SMILES string of the molecule is CCOC(=O)c1ccc(S(=O)(=O)Nc2cccc(S(=O)(=O)NC3=NCCC3)c2)cc1. The van der Waals surface area contributed by atoms with Crippen LogP contribution in [0.2, 0.25) is 0 Å². The molecule has 0 spiro atoms. The second-order valence-electron chi connectivity index (χ2n) is 6.42. The normalized spacial score (nSPS) is 14.1. The summed E-state index contributed by atoms with van der Waals surface area (Å²) in [4.78, 5) is 15.6. The van der Waals surface area contributed by atoms with Crippen LogP contribution in [0.15, 0.2) is 63.3 Å². The first-order chi connectivity index (χ1) is 14.2. The van der Waals surface area contributed by atoms with Crippen molar-refractivity contribution in [3.8, 4) is 0 Å². The molecule has 0 aliphatic carbocycles. The average molecular weight is 452 g/mol. The van der Waals surface area contributed by atoms with Crippen LogP contribution in [0.4, 0.5) is 5.69 Å². The van der Waals surface area contributed by atoms with Crippen molar-refractivity contribution in [2.45, 2.75) is 29.6 Å². The summed E-state index contributed by atoms with van der Waals surface area (Å²) >= 11 is 0. The summed E-state index contributed by atoms with van der Waals surface area (Å²) in [6.45, 7) is 2.46. The highest BCUT2D eigenvalue weighted by atomic mass is 32.2. The monoisotopic (exact) mass is 451 g/mol. The maximum Gasteiger partial charge on any atom is 0.338 e. The summed E-state index contributed by atoms with van der Waals surface area (Å²) in [7, 11) is -7.87. The first kappa shape index (κ1) is 21.8. The van der Waals surface area contributed by atoms with Crippen LogP contribution in [0.25, 0.3) is 0 Å². The molecule has 0 saturated carbocycles. The summed E-state index contributed by atoms with van der Waals surface area (Å²) in [5, 5.41) is 0. The summed E-state index contributed by atoms with van der Waals surface area (Å²) in [5.74, 6) is -0.158. The Morgan fingerprint density at radius 1 is 1.00 bits per heavy atom. The number of amidine groups is 1. The number of nitrogens with zero attached hydrogens (tertiary/aromatic N) is 1. The standard InChI is InChI=1S/C19H21N3O6S2/c1-2-28-19(23)14-8-10-16(11-9-14)29(24,25)21-15-5-3-6-17(13-15)30(26,27)22-18-7-4-12-20-18/h3,5-6,8-11,13,21H,2,4,7,12H2,1H3,(H,20,22). The van der Waals surface area contributed by atoms with E-state index >= 15 is 0 Å². The van der Waals surface area contributed by atoms with Crippen LogP contribution >= 0.6 is 0 Å². The van der Waals surface area contributed by atoms with E-state index < -0.39 is 26.0 Å². The van der Waals surface area contributed by atoms with Crippen molar-refractivity contribution in [3.63, 3.8) is 0 Å². The van der Waals surface area contributed by atoms with Crippen LogP contribution in [-0.2, 0) is 24.8 Å². The summed E-state index contributed by atoms with van der Waals surface area (Å²) in [6, 6.07) is 10.7. The van der Waals surface area contributed by atoms with Gasteiger partial charge in [0.1, 0.15) is 5.84 Å². The number of rotatable bonds is 7. The zero-order valence-electron chi connectivity index (χ0n) is 16.2. The molecule has 0 radical (unpaired) electrons. The largest absolute Gasteiger partial charge is 0.462 e. The van der Waals surface area contributed by atoms with E-state index in [0.717, 1.165) is 6.42 Å². The highest BCUT2D eigenvalue weighted by molar-refractivity contribution is 7.92. The molecule has 160 valence electrons. The molecular weight excluding hydrogens is 430 g/mol. The quantitative estimate of drug-likeness (QED) is 0.620. The van der Waals surface area contributed by atoms with Crippen LogP contribution in [0.1, 0.15) is 30.1 Å². The molecule has 0 amide bonds. The van der Waals surface area contributed by atoms with Gasteiger partial charge in [0.15, 0.2) is 0 Å². The molecular formula is C19H21N3O6S2. The predicted octanol–water partition coefficient (Wildman–Crippen LogP) is 2.13. The molecule has 0 aromatic heterocycles. The van der Waals surface area contributed by atoms with Gasteiger partial charge in [-0.15, -0.1) is 0 Å². The van der Waals surface area contributed by atoms with Crippen molar-refractivity contribution in [1.29, 1.82) is 0 Å². The topological polar surface area (TPSA) is 131 Å². The van der Waals surface area contributed by atoms with Gasteiger partial charge >= 0.3 is 5.97 Å². The second kappa shape index (κ2) is 8.84. The lowest BCUT2D eigenvalue weighted by molar-refractivity contribution is 0.0526. The minimum atomic E-state index is -3.99. The molecule has 0 atom stereocenters. The van der Waals surface area contributed by atoms with Gasteiger partial charge in [0.2, 0.25) is 0 Å². The number of hydrogen-bond donors (Lipinski definition) is 2. The molecule has 0 fully saturated rings. The van der Waals surface area contributed by atoms with Crippen molar-refractivity contribution >= 4 is 37.5 Å². The lowest BCUT2D eigenvalue weighted by Crippen LogP contribution is -2.29. The van der Waals surface area contributed by atoms with E-state index in [-0.39, 0.29) is 27.6 Å². The van der Waals surface area contributed by atoms with Crippen LogP contribution in [0.3, 0.4) is 0 Å². The van der Waals surface area contributed by atoms with Gasteiger partial charge in [-0.3, -0.25) is 14.4 Å². The average Bonchev–Trinajstić information content (AvgIpc) is 3.20. The third-order valence-electron chi connectivity index (χ3n) is 4.20. The number of carbonyl (C=O) groups is 1. The number of carbonyl (C=O) groups excluding carboxylic acids is 1. The summed E-state index contributed by atoms with van der Waals surface area (Å²) in [5.41, 5.74) is 0.311. The van der Waals surface area contributed by atoms with Gasteiger partial charge in [0, 0.05) is 13.0 Å². The van der Waals surface area contributed by atoms with Crippen LogP contribution in [0.5, 0.6) is 0 Å². The van der Waals surface area contributed by atoms with Crippen molar-refractivity contribution in [2.75, 3.05) is 17.9 Å². The molecule has 2 aromatic rings. The highest BCUT2D eigenvalue weighted by Gasteiger charge is 2.20.